The molecule has 0 bridgehead atoms. The van der Waals surface area contributed by atoms with E-state index in [1.54, 1.807) is 12.0 Å². The molecule has 2 aromatic carbocycles. The van der Waals surface area contributed by atoms with E-state index in [4.69, 9.17) is 26.4 Å². The van der Waals surface area contributed by atoms with Crippen LogP contribution in [0.1, 0.15) is 56.1 Å². The summed E-state index contributed by atoms with van der Waals surface area (Å²) in [7, 11) is 1.61. The van der Waals surface area contributed by atoms with Crippen LogP contribution < -0.4 is 14.2 Å². The second-order valence-corrected chi connectivity index (χ2v) is 11.4. The first-order chi connectivity index (χ1) is 17.0. The van der Waals surface area contributed by atoms with E-state index in [1.165, 1.54) is 49.4 Å². The van der Waals surface area contributed by atoms with Crippen LogP contribution in [-0.4, -0.2) is 42.0 Å². The van der Waals surface area contributed by atoms with Gasteiger partial charge in [-0.2, -0.15) is 0 Å². The quantitative estimate of drug-likeness (QED) is 0.130. The van der Waals surface area contributed by atoms with Crippen molar-refractivity contribution in [3.05, 3.63) is 56.0 Å². The number of amides is 1. The third-order valence-corrected chi connectivity index (χ3v) is 8.47. The normalized spacial score (nSPS) is 17.8. The van der Waals surface area contributed by atoms with E-state index in [-0.39, 0.29) is 5.91 Å². The molecule has 2 aliphatic rings. The summed E-state index contributed by atoms with van der Waals surface area (Å²) >= 11 is 8.86. The maximum atomic E-state index is 12.5. The van der Waals surface area contributed by atoms with Crippen LogP contribution in [0.4, 0.5) is 0 Å². The minimum Gasteiger partial charge on any atom is -0.493 e. The topological polar surface area (TPSA) is 48.0 Å². The highest BCUT2D eigenvalue weighted by molar-refractivity contribution is 14.1. The van der Waals surface area contributed by atoms with Gasteiger partial charge in [0, 0.05) is 6.54 Å². The Morgan fingerprint density at radius 2 is 1.83 bits per heavy atom. The molecule has 1 heterocycles. The Kier molecular flexibility index (Phi) is 9.35. The lowest BCUT2D eigenvalue weighted by Gasteiger charge is -2.22. The maximum absolute atomic E-state index is 12.5. The molecule has 35 heavy (non-hydrogen) atoms. The summed E-state index contributed by atoms with van der Waals surface area (Å²) in [5.41, 5.74) is 2.29. The van der Waals surface area contributed by atoms with Gasteiger partial charge in [0.1, 0.15) is 23.3 Å². The van der Waals surface area contributed by atoms with Crippen molar-refractivity contribution in [2.45, 2.75) is 44.9 Å². The summed E-state index contributed by atoms with van der Waals surface area (Å²) in [5, 5.41) is 0. The SMILES string of the molecule is CCN1C(=O)/C(=C/c2cc(I)c(OCCOc3ccc(C4CCCCC4)cc3)c(OC)c2)SC1=S. The van der Waals surface area contributed by atoms with Crippen LogP contribution in [0.5, 0.6) is 17.2 Å². The average molecular weight is 624 g/mol. The van der Waals surface area contributed by atoms with Gasteiger partial charge in [-0.25, -0.2) is 0 Å². The highest BCUT2D eigenvalue weighted by atomic mass is 127. The van der Waals surface area contributed by atoms with Gasteiger partial charge in [0.2, 0.25) is 0 Å². The van der Waals surface area contributed by atoms with E-state index in [9.17, 15) is 4.79 Å². The third kappa shape index (κ3) is 6.51. The lowest BCUT2D eigenvalue weighted by atomic mass is 9.84. The number of rotatable bonds is 9. The zero-order valence-corrected chi connectivity index (χ0v) is 23.8. The lowest BCUT2D eigenvalue weighted by molar-refractivity contribution is -0.121. The molecule has 5 nitrogen and oxygen atoms in total. The zero-order chi connectivity index (χ0) is 24.8. The van der Waals surface area contributed by atoms with Gasteiger partial charge in [-0.3, -0.25) is 9.69 Å². The van der Waals surface area contributed by atoms with Gasteiger partial charge >= 0.3 is 0 Å². The molecule has 0 unspecified atom stereocenters. The Balaban J connectivity index is 1.34. The largest absolute Gasteiger partial charge is 0.493 e. The number of likely N-dealkylation sites (N-methyl/N-ethyl adjacent to an activating group) is 1. The molecular formula is C27H30INO4S2. The van der Waals surface area contributed by atoms with Crippen molar-refractivity contribution in [1.82, 2.24) is 4.90 Å². The molecule has 1 amide bonds. The number of thioether (sulfide) groups is 1. The molecule has 0 atom stereocenters. The number of hydrogen-bond donors (Lipinski definition) is 0. The van der Waals surface area contributed by atoms with Crippen molar-refractivity contribution in [1.29, 1.82) is 0 Å². The lowest BCUT2D eigenvalue weighted by Crippen LogP contribution is -2.27. The zero-order valence-electron chi connectivity index (χ0n) is 20.1. The fraction of sp³-hybridized carbons (Fsp3) is 0.407. The standard InChI is InChI=1S/C27H30INO4S2/c1-3-29-26(30)24(35-27(29)34)17-18-15-22(28)25(23(16-18)31-2)33-14-13-32-21-11-9-20(10-12-21)19-7-5-4-6-8-19/h9-12,15-17,19H,3-8,13-14H2,1-2H3/b24-17-. The van der Waals surface area contributed by atoms with Gasteiger partial charge in [-0.15, -0.1) is 0 Å². The minimum absolute atomic E-state index is 0.0549. The van der Waals surface area contributed by atoms with Crippen LogP contribution >= 0.6 is 46.6 Å². The maximum Gasteiger partial charge on any atom is 0.266 e. The van der Waals surface area contributed by atoms with Gasteiger partial charge in [0.05, 0.1) is 15.6 Å². The molecule has 4 rings (SSSR count). The molecule has 2 aromatic rings. The molecule has 0 spiro atoms. The number of hydrogen-bond acceptors (Lipinski definition) is 6. The van der Waals surface area contributed by atoms with Crippen molar-refractivity contribution in [2.24, 2.45) is 0 Å². The van der Waals surface area contributed by atoms with E-state index in [1.807, 2.05) is 25.1 Å². The molecule has 186 valence electrons. The Hall–Kier alpha value is -1.78. The Bertz CT molecular complexity index is 1100. The summed E-state index contributed by atoms with van der Waals surface area (Å²) in [6, 6.07) is 12.4. The molecule has 0 N–H and O–H groups in total. The van der Waals surface area contributed by atoms with Crippen molar-refractivity contribution in [3.8, 4) is 17.2 Å². The fourth-order valence-electron chi connectivity index (χ4n) is 4.46. The van der Waals surface area contributed by atoms with Crippen molar-refractivity contribution in [2.75, 3.05) is 26.9 Å². The molecule has 1 saturated heterocycles. The summed E-state index contributed by atoms with van der Waals surface area (Å²) < 4.78 is 19.0. The highest BCUT2D eigenvalue weighted by Gasteiger charge is 2.30. The van der Waals surface area contributed by atoms with Crippen LogP contribution in [0.15, 0.2) is 41.3 Å². The molecule has 0 radical (unpaired) electrons. The van der Waals surface area contributed by atoms with E-state index in [0.29, 0.717) is 46.4 Å². The number of nitrogens with zero attached hydrogens (tertiary/aromatic N) is 1. The smallest absolute Gasteiger partial charge is 0.266 e. The van der Waals surface area contributed by atoms with Crippen molar-refractivity contribution in [3.63, 3.8) is 0 Å². The number of ether oxygens (including phenoxy) is 3. The third-order valence-electron chi connectivity index (χ3n) is 6.29. The monoisotopic (exact) mass is 623 g/mol. The molecule has 0 aromatic heterocycles. The number of benzene rings is 2. The summed E-state index contributed by atoms with van der Waals surface area (Å²) in [5.74, 6) is 2.78. The van der Waals surface area contributed by atoms with Gasteiger partial charge in [0.25, 0.3) is 5.91 Å². The molecular weight excluding hydrogens is 593 g/mol. The van der Waals surface area contributed by atoms with Crippen LogP contribution in [-0.2, 0) is 4.79 Å². The number of carbonyl (C=O) groups is 1. The molecule has 2 fully saturated rings. The second-order valence-electron chi connectivity index (χ2n) is 8.56. The van der Waals surface area contributed by atoms with Crippen LogP contribution in [0, 0.1) is 3.57 Å². The van der Waals surface area contributed by atoms with Crippen molar-refractivity contribution >= 4 is 62.9 Å². The predicted molar refractivity (Wildman–Crippen MR) is 155 cm³/mol. The van der Waals surface area contributed by atoms with Crippen molar-refractivity contribution < 1.29 is 19.0 Å². The summed E-state index contributed by atoms with van der Waals surface area (Å²) in [6.07, 6.45) is 8.48. The minimum atomic E-state index is -0.0549. The van der Waals surface area contributed by atoms with E-state index < -0.39 is 0 Å². The number of thiocarbonyl (C=S) groups is 1. The first-order valence-electron chi connectivity index (χ1n) is 12.0. The first-order valence-corrected chi connectivity index (χ1v) is 14.3. The number of methoxy groups -OCH3 is 1. The van der Waals surface area contributed by atoms with E-state index >= 15 is 0 Å². The van der Waals surface area contributed by atoms with Crippen LogP contribution in [0.25, 0.3) is 6.08 Å². The molecule has 1 saturated carbocycles. The Labute approximate surface area is 230 Å². The molecule has 1 aliphatic heterocycles. The number of halogens is 1. The predicted octanol–water partition coefficient (Wildman–Crippen LogP) is 7.03. The van der Waals surface area contributed by atoms with Crippen LogP contribution in [0.2, 0.25) is 0 Å². The Morgan fingerprint density at radius 1 is 1.11 bits per heavy atom. The average Bonchev–Trinajstić information content (AvgIpc) is 3.15. The first kappa shape index (κ1) is 26.3. The van der Waals surface area contributed by atoms with Gasteiger partial charge in [0.15, 0.2) is 11.5 Å². The molecule has 8 heteroatoms. The summed E-state index contributed by atoms with van der Waals surface area (Å²) in [6.45, 7) is 3.32. The Morgan fingerprint density at radius 3 is 2.49 bits per heavy atom. The van der Waals surface area contributed by atoms with E-state index in [2.05, 4.69) is 46.9 Å². The number of carbonyl (C=O) groups excluding carboxylic acids is 1. The van der Waals surface area contributed by atoms with E-state index in [0.717, 1.165) is 14.9 Å². The summed E-state index contributed by atoms with van der Waals surface area (Å²) in [4.78, 5) is 14.7. The molecule has 1 aliphatic carbocycles. The van der Waals surface area contributed by atoms with Gasteiger partial charge in [-0.1, -0.05) is 55.4 Å². The highest BCUT2D eigenvalue weighted by Crippen LogP contribution is 2.37. The fourth-order valence-corrected chi connectivity index (χ4v) is 6.63. The van der Waals surface area contributed by atoms with Gasteiger partial charge < -0.3 is 14.2 Å². The van der Waals surface area contributed by atoms with Gasteiger partial charge in [-0.05, 0) is 89.7 Å². The second kappa shape index (κ2) is 12.5. The van der Waals surface area contributed by atoms with Crippen LogP contribution in [0.3, 0.4) is 0 Å².